The number of ether oxygens (including phenoxy) is 1. The summed E-state index contributed by atoms with van der Waals surface area (Å²) >= 11 is 0. The molecule has 1 unspecified atom stereocenters. The number of pyridine rings is 1. The first kappa shape index (κ1) is 28.9. The number of alkyl halides is 1. The predicted molar refractivity (Wildman–Crippen MR) is 149 cm³/mol. The number of hydrogen-bond acceptors (Lipinski definition) is 6. The van der Waals surface area contributed by atoms with E-state index < -0.39 is 52.7 Å². The van der Waals surface area contributed by atoms with Crippen LogP contribution in [0, 0.1) is 11.6 Å². The van der Waals surface area contributed by atoms with Gasteiger partial charge in [-0.05, 0) is 31.9 Å². The van der Waals surface area contributed by atoms with E-state index in [0.29, 0.717) is 0 Å². The normalized spacial score (nSPS) is 26.8. The first-order valence-electron chi connectivity index (χ1n) is 14.1. The zero-order valence-electron chi connectivity index (χ0n) is 23.6. The maximum absolute atomic E-state index is 15.9. The molecule has 2 aromatic carbocycles. The highest BCUT2D eigenvalue weighted by Gasteiger charge is 2.58. The van der Waals surface area contributed by atoms with Crippen molar-refractivity contribution >= 4 is 11.8 Å². The van der Waals surface area contributed by atoms with Crippen LogP contribution in [0.3, 0.4) is 0 Å². The topological polar surface area (TPSA) is 107 Å². The monoisotopic (exact) mass is 596 g/mol. The van der Waals surface area contributed by atoms with Crippen molar-refractivity contribution in [2.24, 2.45) is 5.73 Å². The fraction of sp³-hybridized carbons (Fsp3) is 0.387. The summed E-state index contributed by atoms with van der Waals surface area (Å²) < 4.78 is 51.5. The van der Waals surface area contributed by atoms with Gasteiger partial charge in [-0.15, -0.1) is 0 Å². The van der Waals surface area contributed by atoms with Gasteiger partial charge in [-0.3, -0.25) is 19.2 Å². The molecule has 12 heteroatoms. The molecule has 2 amide bonds. The van der Waals surface area contributed by atoms with Crippen LogP contribution in [0.1, 0.15) is 64.7 Å². The van der Waals surface area contributed by atoms with Crippen LogP contribution in [0.15, 0.2) is 59.5 Å². The van der Waals surface area contributed by atoms with E-state index >= 15 is 4.39 Å². The average molecular weight is 597 g/mol. The Kier molecular flexibility index (Phi) is 7.29. The molecule has 0 radical (unpaired) electrons. The summed E-state index contributed by atoms with van der Waals surface area (Å²) in [5.74, 6) is -3.42. The fourth-order valence-electron chi connectivity index (χ4n) is 6.48. The Bertz CT molecular complexity index is 1650. The molecule has 2 saturated heterocycles. The first-order valence-corrected chi connectivity index (χ1v) is 14.1. The van der Waals surface area contributed by atoms with E-state index in [0.717, 1.165) is 17.7 Å². The summed E-state index contributed by atoms with van der Waals surface area (Å²) in [5, 5.41) is 1.53. The fourth-order valence-corrected chi connectivity index (χ4v) is 6.48. The molecular weight excluding hydrogens is 565 g/mol. The highest BCUT2D eigenvalue weighted by atomic mass is 19.1. The second-order valence-corrected chi connectivity index (χ2v) is 11.5. The Labute approximate surface area is 245 Å². The van der Waals surface area contributed by atoms with E-state index in [-0.39, 0.29) is 61.2 Å². The minimum Gasteiger partial charge on any atom is -0.483 e. The summed E-state index contributed by atoms with van der Waals surface area (Å²) in [5.41, 5.74) is 3.91. The highest BCUT2D eigenvalue weighted by molar-refractivity contribution is 5.99. The molecule has 3 aromatic rings. The van der Waals surface area contributed by atoms with Gasteiger partial charge in [-0.1, -0.05) is 36.4 Å². The third-order valence-electron chi connectivity index (χ3n) is 8.79. The number of rotatable bonds is 6. The molecule has 0 saturated carbocycles. The molecule has 1 spiro atoms. The van der Waals surface area contributed by atoms with E-state index in [2.05, 4.69) is 0 Å². The van der Waals surface area contributed by atoms with Gasteiger partial charge in [0.2, 0.25) is 5.43 Å². The quantitative estimate of drug-likeness (QED) is 0.463. The number of fused-ring (bicyclic) bond motifs is 5. The summed E-state index contributed by atoms with van der Waals surface area (Å²) in [6.07, 6.45) is -0.105. The third-order valence-corrected chi connectivity index (χ3v) is 8.79. The SMILES string of the molecule is CC1C[C@]2(C[C@H](F)[C@H](C)N3C[C@H]2n2cc(C(N)=O)c(=O)c(OCc4ccccc4)c2C3=O)ON1Cc1ccc(F)cc1F. The van der Waals surface area contributed by atoms with Crippen LogP contribution >= 0.6 is 0 Å². The highest BCUT2D eigenvalue weighted by Crippen LogP contribution is 2.49. The van der Waals surface area contributed by atoms with Crippen molar-refractivity contribution in [1.82, 2.24) is 14.5 Å². The number of primary amides is 1. The number of nitrogens with zero attached hydrogens (tertiary/aromatic N) is 3. The minimum atomic E-state index is -1.51. The van der Waals surface area contributed by atoms with Crippen LogP contribution in [-0.4, -0.2) is 56.7 Å². The maximum Gasteiger partial charge on any atom is 0.274 e. The Hall–Kier alpha value is -4.16. The lowest BCUT2D eigenvalue weighted by Crippen LogP contribution is -2.53. The zero-order valence-corrected chi connectivity index (χ0v) is 23.6. The van der Waals surface area contributed by atoms with E-state index in [4.69, 9.17) is 15.3 Å². The van der Waals surface area contributed by atoms with Crippen molar-refractivity contribution in [1.29, 1.82) is 0 Å². The Balaban J connectivity index is 1.46. The van der Waals surface area contributed by atoms with E-state index in [9.17, 15) is 23.2 Å². The van der Waals surface area contributed by atoms with E-state index in [1.807, 2.05) is 13.0 Å². The van der Waals surface area contributed by atoms with Gasteiger partial charge in [-0.2, -0.15) is 5.06 Å². The maximum atomic E-state index is 15.9. The molecular formula is C31H31F3N4O5. The molecule has 2 bridgehead atoms. The van der Waals surface area contributed by atoms with Crippen LogP contribution in [-0.2, 0) is 18.0 Å². The van der Waals surface area contributed by atoms with Crippen molar-refractivity contribution in [3.8, 4) is 5.75 Å². The van der Waals surface area contributed by atoms with Gasteiger partial charge < -0.3 is 19.9 Å². The first-order chi connectivity index (χ1) is 20.5. The van der Waals surface area contributed by atoms with Gasteiger partial charge in [0.05, 0.1) is 18.6 Å². The summed E-state index contributed by atoms with van der Waals surface area (Å²) in [6, 6.07) is 10.3. The van der Waals surface area contributed by atoms with Crippen molar-refractivity contribution in [2.75, 3.05) is 6.54 Å². The number of halogens is 3. The molecule has 43 heavy (non-hydrogen) atoms. The number of carbonyl (C=O) groups is 2. The molecule has 9 nitrogen and oxygen atoms in total. The lowest BCUT2D eigenvalue weighted by molar-refractivity contribution is -0.228. The molecule has 4 heterocycles. The second kappa shape index (κ2) is 10.8. The van der Waals surface area contributed by atoms with Gasteiger partial charge in [0, 0.05) is 36.8 Å². The summed E-state index contributed by atoms with van der Waals surface area (Å²) in [7, 11) is 0. The summed E-state index contributed by atoms with van der Waals surface area (Å²) in [6.45, 7) is 3.36. The van der Waals surface area contributed by atoms with Crippen LogP contribution in [0.2, 0.25) is 0 Å². The number of hydrogen-bond donors (Lipinski definition) is 1. The van der Waals surface area contributed by atoms with Gasteiger partial charge in [-0.25, -0.2) is 13.2 Å². The van der Waals surface area contributed by atoms with Crippen LogP contribution in [0.25, 0.3) is 0 Å². The van der Waals surface area contributed by atoms with Crippen LogP contribution in [0.4, 0.5) is 13.2 Å². The Morgan fingerprint density at radius 1 is 1.12 bits per heavy atom. The second-order valence-electron chi connectivity index (χ2n) is 11.5. The van der Waals surface area contributed by atoms with Crippen LogP contribution < -0.4 is 15.9 Å². The molecule has 3 aliphatic rings. The third kappa shape index (κ3) is 4.98. The molecule has 2 fully saturated rings. The zero-order chi connectivity index (χ0) is 30.6. The number of benzene rings is 2. The van der Waals surface area contributed by atoms with Gasteiger partial charge in [0.15, 0.2) is 11.4 Å². The van der Waals surface area contributed by atoms with Crippen molar-refractivity contribution in [3.63, 3.8) is 0 Å². The molecule has 1 aromatic heterocycles. The number of amides is 2. The Morgan fingerprint density at radius 2 is 1.86 bits per heavy atom. The van der Waals surface area contributed by atoms with Crippen molar-refractivity contribution in [3.05, 3.63) is 99.0 Å². The lowest BCUT2D eigenvalue weighted by atomic mass is 9.83. The number of nitrogens with two attached hydrogens (primary N) is 1. The smallest absolute Gasteiger partial charge is 0.274 e. The number of aromatic nitrogens is 1. The lowest BCUT2D eigenvalue weighted by Gasteiger charge is -2.42. The van der Waals surface area contributed by atoms with Gasteiger partial charge in [0.1, 0.15) is 35.6 Å². The van der Waals surface area contributed by atoms with Crippen molar-refractivity contribution in [2.45, 2.75) is 69.7 Å². The average Bonchev–Trinajstić information content (AvgIpc) is 3.24. The minimum absolute atomic E-state index is 0.0259. The number of carbonyl (C=O) groups excluding carboxylic acids is 2. The molecule has 2 N–H and O–H groups in total. The van der Waals surface area contributed by atoms with E-state index in [1.165, 1.54) is 26.8 Å². The molecule has 6 rings (SSSR count). The standard InChI is InChI=1S/C31H31F3N4O5/c1-17-11-31(43-38(17)13-20-8-9-21(32)10-23(20)33)12-24(34)18(2)36-15-25(31)37-14-22(29(35)40)27(39)28(26(37)30(36)41)42-16-19-6-4-3-5-7-19/h3-10,14,17-18,24-25H,11-13,15-16H2,1-2H3,(H2,35,40)/t17?,18-,24-,25+,31+/m0/s1. The van der Waals surface area contributed by atoms with Gasteiger partial charge >= 0.3 is 0 Å². The summed E-state index contributed by atoms with van der Waals surface area (Å²) in [4.78, 5) is 47.7. The largest absolute Gasteiger partial charge is 0.483 e. The number of hydroxylamine groups is 2. The van der Waals surface area contributed by atoms with Gasteiger partial charge in [0.25, 0.3) is 11.8 Å². The van der Waals surface area contributed by atoms with E-state index in [1.54, 1.807) is 31.2 Å². The van der Waals surface area contributed by atoms with Crippen LogP contribution in [0.5, 0.6) is 5.75 Å². The molecule has 0 aliphatic carbocycles. The Morgan fingerprint density at radius 3 is 2.56 bits per heavy atom. The molecule has 3 aliphatic heterocycles. The molecule has 5 atom stereocenters. The predicted octanol–water partition coefficient (Wildman–Crippen LogP) is 3.90. The molecule has 226 valence electrons. The van der Waals surface area contributed by atoms with Crippen molar-refractivity contribution < 1.29 is 32.3 Å².